The number of nitrogens with zero attached hydrogens (tertiary/aromatic N) is 3. The Kier molecular flexibility index (Phi) is 7.31. The number of likely N-dealkylation sites (N-methyl/N-ethyl adjacent to an activating group) is 1. The predicted molar refractivity (Wildman–Crippen MR) is 109 cm³/mol. The van der Waals surface area contributed by atoms with Gasteiger partial charge >= 0.3 is 0 Å². The van der Waals surface area contributed by atoms with Crippen LogP contribution in [0.1, 0.15) is 31.2 Å². The molecule has 154 valence electrons. The molecule has 2 amide bonds. The van der Waals surface area contributed by atoms with Crippen LogP contribution in [0.2, 0.25) is 0 Å². The first kappa shape index (κ1) is 20.6. The molecule has 3 rings (SSSR count). The number of carbonyl (C=O) groups excluding carboxylic acids is 2. The van der Waals surface area contributed by atoms with Gasteiger partial charge in [-0.25, -0.2) is 0 Å². The second-order valence-electron chi connectivity index (χ2n) is 8.04. The number of carbonyl (C=O) groups is 2. The summed E-state index contributed by atoms with van der Waals surface area (Å²) in [6.07, 6.45) is 4.70. The zero-order valence-corrected chi connectivity index (χ0v) is 17.2. The maximum absolute atomic E-state index is 12.4. The van der Waals surface area contributed by atoms with Gasteiger partial charge in [0, 0.05) is 33.1 Å². The number of hydrogen-bond donors (Lipinski definition) is 0. The minimum Gasteiger partial charge on any atom is -0.496 e. The molecule has 6 nitrogen and oxygen atoms in total. The first-order chi connectivity index (χ1) is 13.6. The van der Waals surface area contributed by atoms with Crippen LogP contribution in [0, 0.1) is 5.92 Å². The highest BCUT2D eigenvalue weighted by Crippen LogP contribution is 2.21. The average Bonchev–Trinajstić information content (AvgIpc) is 3.12. The van der Waals surface area contributed by atoms with Gasteiger partial charge in [-0.05, 0) is 56.3 Å². The molecule has 2 fully saturated rings. The summed E-state index contributed by atoms with van der Waals surface area (Å²) in [6, 6.07) is 8.22. The van der Waals surface area contributed by atoms with Crippen LogP contribution in [0.25, 0.3) is 0 Å². The molecule has 0 unspecified atom stereocenters. The number of piperidine rings is 1. The topological polar surface area (TPSA) is 53.1 Å². The average molecular weight is 388 g/mol. The van der Waals surface area contributed by atoms with Gasteiger partial charge in [0.2, 0.25) is 11.8 Å². The van der Waals surface area contributed by atoms with Gasteiger partial charge in [0.1, 0.15) is 5.75 Å². The molecule has 2 heterocycles. The first-order valence-corrected chi connectivity index (χ1v) is 10.4. The fraction of sp³-hybridized carbons (Fsp3) is 0.636. The van der Waals surface area contributed by atoms with Crippen molar-refractivity contribution >= 4 is 11.8 Å². The summed E-state index contributed by atoms with van der Waals surface area (Å²) in [6.45, 7) is 4.95. The number of amides is 2. The third-order valence-corrected chi connectivity index (χ3v) is 6.05. The Morgan fingerprint density at radius 1 is 1.21 bits per heavy atom. The lowest BCUT2D eigenvalue weighted by Crippen LogP contribution is -2.43. The normalized spacial score (nSPS) is 18.5. The smallest absolute Gasteiger partial charge is 0.241 e. The van der Waals surface area contributed by atoms with Crippen LogP contribution in [-0.2, 0) is 16.0 Å². The molecule has 0 spiro atoms. The molecule has 0 atom stereocenters. The Bertz CT molecular complexity index is 671. The van der Waals surface area contributed by atoms with Gasteiger partial charge in [-0.15, -0.1) is 0 Å². The fourth-order valence-electron chi connectivity index (χ4n) is 4.22. The van der Waals surface area contributed by atoms with Crippen molar-refractivity contribution in [3.8, 4) is 5.75 Å². The molecular weight excluding hydrogens is 354 g/mol. The van der Waals surface area contributed by atoms with E-state index in [2.05, 4.69) is 17.0 Å². The zero-order valence-electron chi connectivity index (χ0n) is 17.2. The van der Waals surface area contributed by atoms with Gasteiger partial charge in [-0.3, -0.25) is 9.59 Å². The van der Waals surface area contributed by atoms with Gasteiger partial charge in [0.05, 0.1) is 13.7 Å². The van der Waals surface area contributed by atoms with Gasteiger partial charge in [0.25, 0.3) is 0 Å². The van der Waals surface area contributed by atoms with Crippen LogP contribution >= 0.6 is 0 Å². The molecule has 6 heteroatoms. The van der Waals surface area contributed by atoms with Crippen molar-refractivity contribution < 1.29 is 14.3 Å². The Hall–Kier alpha value is -2.08. The maximum Gasteiger partial charge on any atom is 0.241 e. The number of ether oxygens (including phenoxy) is 1. The molecule has 1 aromatic rings. The molecule has 0 bridgehead atoms. The fourth-order valence-corrected chi connectivity index (χ4v) is 4.22. The van der Waals surface area contributed by atoms with Crippen LogP contribution in [0.5, 0.6) is 5.75 Å². The van der Waals surface area contributed by atoms with Crippen molar-refractivity contribution in [2.75, 3.05) is 53.4 Å². The quantitative estimate of drug-likeness (QED) is 0.685. The van der Waals surface area contributed by atoms with Gasteiger partial charge in [-0.1, -0.05) is 18.2 Å². The van der Waals surface area contributed by atoms with Crippen LogP contribution < -0.4 is 4.74 Å². The largest absolute Gasteiger partial charge is 0.496 e. The van der Waals surface area contributed by atoms with Crippen molar-refractivity contribution in [1.82, 2.24) is 14.7 Å². The first-order valence-electron chi connectivity index (χ1n) is 10.4. The Labute approximate surface area is 168 Å². The minimum absolute atomic E-state index is 0.0638. The van der Waals surface area contributed by atoms with E-state index in [1.165, 1.54) is 5.56 Å². The van der Waals surface area contributed by atoms with E-state index in [0.29, 0.717) is 12.3 Å². The standard InChI is InChI=1S/C22H33N3O3/c1-23(22(27)17-25-12-5-8-21(25)26)16-18-9-13-24(14-10-18)15-11-19-6-3-4-7-20(19)28-2/h3-4,6-7,18H,5,8-17H2,1-2H3. The Morgan fingerprint density at radius 2 is 1.96 bits per heavy atom. The Morgan fingerprint density at radius 3 is 2.64 bits per heavy atom. The molecule has 0 radical (unpaired) electrons. The molecule has 2 aliphatic heterocycles. The molecule has 0 saturated carbocycles. The third kappa shape index (κ3) is 5.47. The Balaban J connectivity index is 1.37. The SMILES string of the molecule is COc1ccccc1CCN1CCC(CN(C)C(=O)CN2CCCC2=O)CC1. The van der Waals surface area contributed by atoms with Crippen molar-refractivity contribution in [2.45, 2.75) is 32.1 Å². The highest BCUT2D eigenvalue weighted by Gasteiger charge is 2.26. The lowest BCUT2D eigenvalue weighted by Gasteiger charge is -2.34. The molecule has 2 aliphatic rings. The minimum atomic E-state index is 0.0638. The van der Waals surface area contributed by atoms with E-state index in [0.717, 1.165) is 64.2 Å². The van der Waals surface area contributed by atoms with Crippen LogP contribution in [0.15, 0.2) is 24.3 Å². The predicted octanol–water partition coefficient (Wildman–Crippen LogP) is 2.03. The van der Waals surface area contributed by atoms with Crippen LogP contribution in [0.4, 0.5) is 0 Å². The highest BCUT2D eigenvalue weighted by atomic mass is 16.5. The molecule has 28 heavy (non-hydrogen) atoms. The number of likely N-dealkylation sites (tertiary alicyclic amines) is 2. The van der Waals surface area contributed by atoms with Gasteiger partial charge < -0.3 is 19.4 Å². The number of benzene rings is 1. The second kappa shape index (κ2) is 9.92. The summed E-state index contributed by atoms with van der Waals surface area (Å²) >= 11 is 0. The number of methoxy groups -OCH3 is 1. The van der Waals surface area contributed by atoms with Gasteiger partial charge in [0.15, 0.2) is 0 Å². The molecule has 2 saturated heterocycles. The van der Waals surface area contributed by atoms with E-state index < -0.39 is 0 Å². The van der Waals surface area contributed by atoms with Crippen molar-refractivity contribution in [2.24, 2.45) is 5.92 Å². The number of hydrogen-bond acceptors (Lipinski definition) is 4. The number of rotatable bonds is 8. The van der Waals surface area contributed by atoms with Gasteiger partial charge in [-0.2, -0.15) is 0 Å². The molecule has 0 aliphatic carbocycles. The van der Waals surface area contributed by atoms with E-state index in [1.807, 2.05) is 24.1 Å². The molecular formula is C22H33N3O3. The lowest BCUT2D eigenvalue weighted by atomic mass is 9.96. The summed E-state index contributed by atoms with van der Waals surface area (Å²) in [7, 11) is 3.60. The molecule has 0 N–H and O–H groups in total. The molecule has 1 aromatic carbocycles. The zero-order chi connectivity index (χ0) is 19.9. The summed E-state index contributed by atoms with van der Waals surface area (Å²) in [5.41, 5.74) is 1.26. The second-order valence-corrected chi connectivity index (χ2v) is 8.04. The van der Waals surface area contributed by atoms with Crippen molar-refractivity contribution in [3.63, 3.8) is 0 Å². The van der Waals surface area contributed by atoms with Crippen molar-refractivity contribution in [3.05, 3.63) is 29.8 Å². The van der Waals surface area contributed by atoms with Crippen LogP contribution in [0.3, 0.4) is 0 Å². The summed E-state index contributed by atoms with van der Waals surface area (Å²) in [4.78, 5) is 30.1. The van der Waals surface area contributed by atoms with Crippen LogP contribution in [-0.4, -0.2) is 79.9 Å². The number of para-hydroxylation sites is 1. The maximum atomic E-state index is 12.4. The summed E-state index contributed by atoms with van der Waals surface area (Å²) in [5.74, 6) is 1.69. The lowest BCUT2D eigenvalue weighted by molar-refractivity contribution is -0.138. The monoisotopic (exact) mass is 387 g/mol. The highest BCUT2D eigenvalue weighted by molar-refractivity contribution is 5.85. The van der Waals surface area contributed by atoms with E-state index in [-0.39, 0.29) is 18.4 Å². The van der Waals surface area contributed by atoms with E-state index in [4.69, 9.17) is 4.74 Å². The molecule has 0 aromatic heterocycles. The summed E-state index contributed by atoms with van der Waals surface area (Å²) < 4.78 is 5.44. The van der Waals surface area contributed by atoms with E-state index in [9.17, 15) is 9.59 Å². The van der Waals surface area contributed by atoms with Crippen molar-refractivity contribution in [1.29, 1.82) is 0 Å². The van der Waals surface area contributed by atoms with E-state index >= 15 is 0 Å². The summed E-state index contributed by atoms with van der Waals surface area (Å²) in [5, 5.41) is 0. The van der Waals surface area contributed by atoms with E-state index in [1.54, 1.807) is 12.0 Å². The third-order valence-electron chi connectivity index (χ3n) is 6.05.